The Morgan fingerprint density at radius 2 is 2.11 bits per heavy atom. The molecule has 1 aliphatic heterocycles. The third-order valence-electron chi connectivity index (χ3n) is 4.75. The van der Waals surface area contributed by atoms with Crippen LogP contribution in [0.2, 0.25) is 5.02 Å². The molecule has 0 spiro atoms. The Balaban J connectivity index is 1.80. The summed E-state index contributed by atoms with van der Waals surface area (Å²) < 4.78 is 1.93. The third-order valence-corrected chi connectivity index (χ3v) is 5.00. The van der Waals surface area contributed by atoms with Crippen molar-refractivity contribution in [3.8, 4) is 0 Å². The van der Waals surface area contributed by atoms with Crippen LogP contribution in [0.25, 0.3) is 0 Å². The predicted octanol–water partition coefficient (Wildman–Crippen LogP) is 1.81. The Morgan fingerprint density at radius 3 is 2.74 bits per heavy atom. The number of nitrogens with one attached hydrogen (secondary N) is 2. The molecule has 0 bridgehead atoms. The summed E-state index contributed by atoms with van der Waals surface area (Å²) in [6.45, 7) is 3.44. The number of nitrogens with zero attached hydrogens (tertiary/aromatic N) is 3. The number of aromatic nitrogens is 2. The van der Waals surface area contributed by atoms with Gasteiger partial charge in [0.25, 0.3) is 0 Å². The van der Waals surface area contributed by atoms with E-state index in [0.717, 1.165) is 17.9 Å². The molecule has 2 atom stereocenters. The lowest BCUT2D eigenvalue weighted by Crippen LogP contribution is -2.50. The molecule has 1 aliphatic rings. The van der Waals surface area contributed by atoms with Crippen LogP contribution in [0.1, 0.15) is 36.8 Å². The lowest BCUT2D eigenvalue weighted by molar-refractivity contribution is -0.135. The van der Waals surface area contributed by atoms with Crippen LogP contribution in [-0.2, 0) is 16.6 Å². The van der Waals surface area contributed by atoms with Gasteiger partial charge < -0.3 is 20.1 Å². The van der Waals surface area contributed by atoms with Crippen molar-refractivity contribution in [2.75, 3.05) is 19.6 Å². The van der Waals surface area contributed by atoms with Crippen LogP contribution in [0, 0.1) is 0 Å². The van der Waals surface area contributed by atoms with Crippen LogP contribution in [0.5, 0.6) is 0 Å². The van der Waals surface area contributed by atoms with Crippen molar-refractivity contribution in [3.63, 3.8) is 0 Å². The number of imidazole rings is 1. The van der Waals surface area contributed by atoms with Crippen molar-refractivity contribution in [1.82, 2.24) is 25.1 Å². The fraction of sp³-hybridized carbons (Fsp3) is 0.421. The van der Waals surface area contributed by atoms with E-state index in [0.29, 0.717) is 18.1 Å². The fourth-order valence-corrected chi connectivity index (χ4v) is 3.54. The number of hydrogen-bond donors (Lipinski definition) is 2. The molecule has 3 rings (SSSR count). The average molecular weight is 390 g/mol. The summed E-state index contributed by atoms with van der Waals surface area (Å²) in [4.78, 5) is 31.1. The van der Waals surface area contributed by atoms with Gasteiger partial charge in [0.1, 0.15) is 11.9 Å². The molecule has 144 valence electrons. The Kier molecular flexibility index (Phi) is 6.13. The van der Waals surface area contributed by atoms with Crippen molar-refractivity contribution in [2.45, 2.75) is 25.4 Å². The molecule has 2 unspecified atom stereocenters. The van der Waals surface area contributed by atoms with E-state index in [1.165, 1.54) is 6.92 Å². The highest BCUT2D eigenvalue weighted by Crippen LogP contribution is 2.25. The minimum Gasteiger partial charge on any atom is -0.349 e. The molecule has 0 radical (unpaired) electrons. The lowest BCUT2D eigenvalue weighted by atomic mass is 10.0. The Bertz CT molecular complexity index is 805. The molecule has 1 fully saturated rings. The predicted molar refractivity (Wildman–Crippen MR) is 103 cm³/mol. The van der Waals surface area contributed by atoms with Gasteiger partial charge in [0.2, 0.25) is 11.8 Å². The van der Waals surface area contributed by atoms with Crippen LogP contribution in [0.4, 0.5) is 0 Å². The minimum atomic E-state index is -0.399. The average Bonchev–Trinajstić information content (AvgIpc) is 3.07. The molecule has 2 heterocycles. The zero-order valence-electron chi connectivity index (χ0n) is 15.5. The Hall–Kier alpha value is -2.38. The normalized spacial score (nSPS) is 18.2. The summed E-state index contributed by atoms with van der Waals surface area (Å²) in [5.41, 5.74) is 0.853. The summed E-state index contributed by atoms with van der Waals surface area (Å²) in [7, 11) is 1.92. The van der Waals surface area contributed by atoms with Crippen molar-refractivity contribution >= 4 is 23.4 Å². The number of aryl methyl sites for hydroxylation is 1. The fourth-order valence-electron chi connectivity index (χ4n) is 3.42. The van der Waals surface area contributed by atoms with Crippen LogP contribution in [0.15, 0.2) is 36.7 Å². The van der Waals surface area contributed by atoms with Gasteiger partial charge in [-0.15, -0.1) is 0 Å². The monoisotopic (exact) mass is 389 g/mol. The molecule has 7 nitrogen and oxygen atoms in total. The molecule has 0 aliphatic carbocycles. The van der Waals surface area contributed by atoms with Crippen LogP contribution >= 0.6 is 11.6 Å². The lowest BCUT2D eigenvalue weighted by Gasteiger charge is -2.36. The van der Waals surface area contributed by atoms with E-state index in [1.54, 1.807) is 18.3 Å². The Morgan fingerprint density at radius 1 is 1.37 bits per heavy atom. The molecular weight excluding hydrogens is 366 g/mol. The molecule has 8 heteroatoms. The highest BCUT2D eigenvalue weighted by atomic mass is 35.5. The number of piperazine rings is 1. The topological polar surface area (TPSA) is 79.3 Å². The number of halogens is 1. The number of carbonyl (C=O) groups is 2. The van der Waals surface area contributed by atoms with Crippen LogP contribution < -0.4 is 10.6 Å². The second-order valence-electron chi connectivity index (χ2n) is 6.71. The first-order valence-corrected chi connectivity index (χ1v) is 9.33. The van der Waals surface area contributed by atoms with Gasteiger partial charge in [-0.3, -0.25) is 9.59 Å². The molecule has 1 saturated heterocycles. The molecule has 2 N–H and O–H groups in total. The number of amides is 2. The quantitative estimate of drug-likeness (QED) is 0.817. The standard InChI is InChI=1S/C19H24ClN5O2/c1-13(26)23-16(14-3-5-15(20)6-4-14)11-18(27)25-10-7-21-12-17(25)19-22-8-9-24(19)2/h3-6,8-9,16-17,21H,7,10-12H2,1-2H3,(H,23,26). The minimum absolute atomic E-state index is 0.0156. The zero-order chi connectivity index (χ0) is 19.4. The molecule has 1 aromatic heterocycles. The first-order valence-electron chi connectivity index (χ1n) is 8.95. The van der Waals surface area contributed by atoms with E-state index >= 15 is 0 Å². The third kappa shape index (κ3) is 4.67. The molecule has 2 aromatic rings. The number of benzene rings is 1. The van der Waals surface area contributed by atoms with Gasteiger partial charge >= 0.3 is 0 Å². The highest BCUT2D eigenvalue weighted by Gasteiger charge is 2.31. The Labute approximate surface area is 163 Å². The number of carbonyl (C=O) groups excluding carboxylic acids is 2. The van der Waals surface area contributed by atoms with Gasteiger partial charge in [-0.1, -0.05) is 23.7 Å². The summed E-state index contributed by atoms with van der Waals surface area (Å²) in [5.74, 6) is 0.653. The second kappa shape index (κ2) is 8.54. The van der Waals surface area contributed by atoms with Gasteiger partial charge in [0.15, 0.2) is 0 Å². The summed E-state index contributed by atoms with van der Waals surface area (Å²) in [6, 6.07) is 6.67. The number of rotatable bonds is 5. The van der Waals surface area contributed by atoms with Crippen molar-refractivity contribution in [3.05, 3.63) is 53.1 Å². The maximum absolute atomic E-state index is 13.1. The van der Waals surface area contributed by atoms with E-state index in [4.69, 9.17) is 11.6 Å². The second-order valence-corrected chi connectivity index (χ2v) is 7.15. The molecule has 27 heavy (non-hydrogen) atoms. The molecule has 0 saturated carbocycles. The molecule has 2 amide bonds. The van der Waals surface area contributed by atoms with E-state index in [9.17, 15) is 9.59 Å². The van der Waals surface area contributed by atoms with Gasteiger partial charge in [-0.25, -0.2) is 4.98 Å². The zero-order valence-corrected chi connectivity index (χ0v) is 16.2. The summed E-state index contributed by atoms with van der Waals surface area (Å²) >= 11 is 5.96. The molecular formula is C19H24ClN5O2. The summed E-state index contributed by atoms with van der Waals surface area (Å²) in [5, 5.41) is 6.82. The van der Waals surface area contributed by atoms with Crippen molar-refractivity contribution in [2.24, 2.45) is 7.05 Å². The molecule has 1 aromatic carbocycles. The van der Waals surface area contributed by atoms with Gasteiger partial charge in [0.05, 0.1) is 12.5 Å². The van der Waals surface area contributed by atoms with Crippen molar-refractivity contribution in [1.29, 1.82) is 0 Å². The van der Waals surface area contributed by atoms with Gasteiger partial charge in [-0.05, 0) is 17.7 Å². The smallest absolute Gasteiger partial charge is 0.225 e. The largest absolute Gasteiger partial charge is 0.349 e. The van der Waals surface area contributed by atoms with E-state index in [2.05, 4.69) is 15.6 Å². The van der Waals surface area contributed by atoms with E-state index in [-0.39, 0.29) is 24.3 Å². The van der Waals surface area contributed by atoms with Crippen molar-refractivity contribution < 1.29 is 9.59 Å². The summed E-state index contributed by atoms with van der Waals surface area (Å²) in [6.07, 6.45) is 3.79. The van der Waals surface area contributed by atoms with Crippen LogP contribution in [-0.4, -0.2) is 45.9 Å². The van der Waals surface area contributed by atoms with E-state index < -0.39 is 6.04 Å². The highest BCUT2D eigenvalue weighted by molar-refractivity contribution is 6.30. The maximum Gasteiger partial charge on any atom is 0.225 e. The van der Waals surface area contributed by atoms with Crippen LogP contribution in [0.3, 0.4) is 0 Å². The maximum atomic E-state index is 13.1. The van der Waals surface area contributed by atoms with Gasteiger partial charge in [0, 0.05) is 51.0 Å². The first kappa shape index (κ1) is 19.4. The van der Waals surface area contributed by atoms with E-state index in [1.807, 2.05) is 34.8 Å². The first-order chi connectivity index (χ1) is 13.0. The number of hydrogen-bond acceptors (Lipinski definition) is 4. The SMILES string of the molecule is CC(=O)NC(CC(=O)N1CCNCC1c1nccn1C)c1ccc(Cl)cc1. The van der Waals surface area contributed by atoms with Gasteiger partial charge in [-0.2, -0.15) is 0 Å².